The van der Waals surface area contributed by atoms with Crippen molar-refractivity contribution in [3.8, 4) is 5.75 Å². The summed E-state index contributed by atoms with van der Waals surface area (Å²) in [6.07, 6.45) is 4.85. The molecule has 0 bridgehead atoms. The summed E-state index contributed by atoms with van der Waals surface area (Å²) in [7, 11) is 0.345. The maximum absolute atomic E-state index is 11.3. The van der Waals surface area contributed by atoms with Crippen LogP contribution in [0.5, 0.6) is 5.75 Å². The van der Waals surface area contributed by atoms with Crippen molar-refractivity contribution in [2.75, 3.05) is 30.0 Å². The number of hydrogen-bond acceptors (Lipinski definition) is 5. The van der Waals surface area contributed by atoms with E-state index < -0.39 is 10.0 Å². The zero-order valence-corrected chi connectivity index (χ0v) is 11.5. The van der Waals surface area contributed by atoms with Crippen molar-refractivity contribution in [2.45, 2.75) is 18.9 Å². The molecule has 1 N–H and O–H groups in total. The van der Waals surface area contributed by atoms with Crippen LogP contribution in [-0.4, -0.2) is 39.9 Å². The molecule has 100 valence electrons. The van der Waals surface area contributed by atoms with Gasteiger partial charge in [-0.1, -0.05) is 0 Å². The number of rotatable bonds is 5. The highest BCUT2D eigenvalue weighted by molar-refractivity contribution is 7.92. The Hall–Kier alpha value is -1.50. The van der Waals surface area contributed by atoms with E-state index in [-0.39, 0.29) is 6.10 Å². The second-order valence-electron chi connectivity index (χ2n) is 4.60. The van der Waals surface area contributed by atoms with E-state index in [1.54, 1.807) is 17.2 Å². The molecule has 2 rings (SSSR count). The molecule has 1 heterocycles. The molecule has 6 nitrogen and oxygen atoms in total. The van der Waals surface area contributed by atoms with Gasteiger partial charge in [-0.15, -0.1) is 0 Å². The summed E-state index contributed by atoms with van der Waals surface area (Å²) in [5.41, 5.74) is 0.433. The van der Waals surface area contributed by atoms with Crippen LogP contribution in [-0.2, 0) is 10.0 Å². The van der Waals surface area contributed by atoms with Gasteiger partial charge in [0.1, 0.15) is 0 Å². The number of hydrogen-bond donors (Lipinski definition) is 1. The van der Waals surface area contributed by atoms with Crippen LogP contribution in [0.2, 0.25) is 0 Å². The summed E-state index contributed by atoms with van der Waals surface area (Å²) in [6, 6.07) is 1.60. The molecule has 0 saturated heterocycles. The lowest BCUT2D eigenvalue weighted by Gasteiger charge is -2.19. The zero-order chi connectivity index (χ0) is 13.3. The highest BCUT2D eigenvalue weighted by Crippen LogP contribution is 2.38. The minimum atomic E-state index is -3.33. The minimum absolute atomic E-state index is 0.174. The van der Waals surface area contributed by atoms with Crippen molar-refractivity contribution in [3.05, 3.63) is 12.3 Å². The molecule has 0 aromatic carbocycles. The third kappa shape index (κ3) is 3.25. The van der Waals surface area contributed by atoms with Crippen molar-refractivity contribution in [1.82, 2.24) is 4.98 Å². The topological polar surface area (TPSA) is 71.5 Å². The van der Waals surface area contributed by atoms with Crippen LogP contribution in [0.3, 0.4) is 0 Å². The summed E-state index contributed by atoms with van der Waals surface area (Å²) in [6.45, 7) is 0. The number of ether oxygens (including phenoxy) is 1. The molecule has 1 aliphatic carbocycles. The van der Waals surface area contributed by atoms with Crippen molar-refractivity contribution in [2.24, 2.45) is 0 Å². The summed E-state index contributed by atoms with van der Waals surface area (Å²) in [5, 5.41) is 0. The molecule has 0 aliphatic heterocycles. The lowest BCUT2D eigenvalue weighted by molar-refractivity contribution is 0.304. The molecule has 0 radical (unpaired) electrons. The Morgan fingerprint density at radius 3 is 2.61 bits per heavy atom. The first-order chi connectivity index (χ1) is 8.37. The first-order valence-electron chi connectivity index (χ1n) is 5.67. The maximum Gasteiger partial charge on any atom is 0.229 e. The van der Waals surface area contributed by atoms with Gasteiger partial charge in [0.15, 0.2) is 11.6 Å². The van der Waals surface area contributed by atoms with Gasteiger partial charge in [-0.2, -0.15) is 0 Å². The molecule has 0 unspecified atom stereocenters. The summed E-state index contributed by atoms with van der Waals surface area (Å²) < 4.78 is 30.9. The molecular weight excluding hydrogens is 254 g/mol. The number of anilines is 2. The van der Waals surface area contributed by atoms with Gasteiger partial charge < -0.3 is 9.64 Å². The van der Waals surface area contributed by atoms with Crippen molar-refractivity contribution >= 4 is 21.5 Å². The largest absolute Gasteiger partial charge is 0.484 e. The van der Waals surface area contributed by atoms with Gasteiger partial charge in [0.25, 0.3) is 0 Å². The molecular formula is C11H17N3O3S. The van der Waals surface area contributed by atoms with Gasteiger partial charge in [-0.05, 0) is 18.9 Å². The van der Waals surface area contributed by atoms with Crippen LogP contribution in [0.15, 0.2) is 12.3 Å². The Balaban J connectivity index is 2.39. The highest BCUT2D eigenvalue weighted by atomic mass is 32.2. The predicted molar refractivity (Wildman–Crippen MR) is 70.7 cm³/mol. The fraction of sp³-hybridized carbons (Fsp3) is 0.545. The number of pyridine rings is 1. The van der Waals surface area contributed by atoms with E-state index in [1.807, 2.05) is 14.1 Å². The van der Waals surface area contributed by atoms with E-state index in [1.165, 1.54) is 0 Å². The normalized spacial score (nSPS) is 15.3. The SMILES string of the molecule is CN(C)c1nccc(NS(C)(=O)=O)c1OC1CC1. The number of nitrogens with zero attached hydrogens (tertiary/aromatic N) is 2. The molecule has 1 aliphatic rings. The average molecular weight is 271 g/mol. The van der Waals surface area contributed by atoms with Crippen LogP contribution in [0, 0.1) is 0 Å². The van der Waals surface area contributed by atoms with Crippen molar-refractivity contribution < 1.29 is 13.2 Å². The second kappa shape index (κ2) is 4.64. The lowest BCUT2D eigenvalue weighted by atomic mass is 10.3. The monoisotopic (exact) mass is 271 g/mol. The van der Waals surface area contributed by atoms with Gasteiger partial charge in [-0.3, -0.25) is 4.72 Å². The molecule has 18 heavy (non-hydrogen) atoms. The smallest absolute Gasteiger partial charge is 0.229 e. The summed E-state index contributed by atoms with van der Waals surface area (Å²) in [5.74, 6) is 1.12. The van der Waals surface area contributed by atoms with Crippen LogP contribution < -0.4 is 14.4 Å². The number of nitrogens with one attached hydrogen (secondary N) is 1. The standard InChI is InChI=1S/C11H17N3O3S/c1-14(2)11-10(17-8-4-5-8)9(6-7-12-11)13-18(3,15)16/h6-8H,4-5H2,1-3H3,(H,12,13). The quantitative estimate of drug-likeness (QED) is 0.867. The Bertz CT molecular complexity index is 538. The molecule has 1 saturated carbocycles. The van der Waals surface area contributed by atoms with Crippen molar-refractivity contribution in [1.29, 1.82) is 0 Å². The van der Waals surface area contributed by atoms with Crippen molar-refractivity contribution in [3.63, 3.8) is 0 Å². The fourth-order valence-electron chi connectivity index (χ4n) is 1.50. The first kappa shape index (κ1) is 12.9. The molecule has 1 aromatic heterocycles. The summed E-state index contributed by atoms with van der Waals surface area (Å²) in [4.78, 5) is 6.01. The predicted octanol–water partition coefficient (Wildman–Crippen LogP) is 1.06. The minimum Gasteiger partial charge on any atom is -0.484 e. The van der Waals surface area contributed by atoms with E-state index in [2.05, 4.69) is 9.71 Å². The molecule has 0 amide bonds. The zero-order valence-electron chi connectivity index (χ0n) is 10.7. The van der Waals surface area contributed by atoms with E-state index in [9.17, 15) is 8.42 Å². The number of aromatic nitrogens is 1. The van der Waals surface area contributed by atoms with Crippen LogP contribution in [0.25, 0.3) is 0 Å². The second-order valence-corrected chi connectivity index (χ2v) is 6.35. The third-order valence-electron chi connectivity index (χ3n) is 2.41. The van der Waals surface area contributed by atoms with E-state index in [4.69, 9.17) is 4.74 Å². The van der Waals surface area contributed by atoms with Crippen LogP contribution in [0.4, 0.5) is 11.5 Å². The van der Waals surface area contributed by atoms with Gasteiger partial charge in [0.05, 0.1) is 18.0 Å². The summed E-state index contributed by atoms with van der Waals surface area (Å²) >= 11 is 0. The van der Waals surface area contributed by atoms with E-state index >= 15 is 0 Å². The van der Waals surface area contributed by atoms with Gasteiger partial charge >= 0.3 is 0 Å². The van der Waals surface area contributed by atoms with E-state index in [0.717, 1.165) is 19.1 Å². The Labute approximate surface area is 107 Å². The molecule has 1 fully saturated rings. The van der Waals surface area contributed by atoms with E-state index in [0.29, 0.717) is 17.3 Å². The molecule has 1 aromatic rings. The fourth-order valence-corrected chi connectivity index (χ4v) is 2.06. The van der Waals surface area contributed by atoms with Gasteiger partial charge in [-0.25, -0.2) is 13.4 Å². The lowest BCUT2D eigenvalue weighted by Crippen LogP contribution is -2.16. The maximum atomic E-state index is 11.3. The Morgan fingerprint density at radius 2 is 2.11 bits per heavy atom. The van der Waals surface area contributed by atoms with Crippen LogP contribution >= 0.6 is 0 Å². The van der Waals surface area contributed by atoms with Gasteiger partial charge in [0.2, 0.25) is 10.0 Å². The Kier molecular flexibility index (Phi) is 3.34. The number of sulfonamides is 1. The highest BCUT2D eigenvalue weighted by Gasteiger charge is 2.27. The average Bonchev–Trinajstić information content (AvgIpc) is 3.01. The third-order valence-corrected chi connectivity index (χ3v) is 3.00. The van der Waals surface area contributed by atoms with Gasteiger partial charge in [0, 0.05) is 20.3 Å². The van der Waals surface area contributed by atoms with Crippen LogP contribution in [0.1, 0.15) is 12.8 Å². The first-order valence-corrected chi connectivity index (χ1v) is 7.57. The Morgan fingerprint density at radius 1 is 1.44 bits per heavy atom. The molecule has 7 heteroatoms. The molecule has 0 spiro atoms. The molecule has 0 atom stereocenters.